The molecule has 0 aliphatic carbocycles. The van der Waals surface area contributed by atoms with Gasteiger partial charge in [0.25, 0.3) is 5.91 Å². The Morgan fingerprint density at radius 3 is 2.20 bits per heavy atom. The van der Waals surface area contributed by atoms with Gasteiger partial charge in [-0.15, -0.1) is 4.36 Å². The lowest BCUT2D eigenvalue weighted by Crippen LogP contribution is -2.30. The van der Waals surface area contributed by atoms with Crippen LogP contribution < -0.4 is 5.32 Å². The molecule has 0 spiro atoms. The van der Waals surface area contributed by atoms with Crippen molar-refractivity contribution < 1.29 is 23.1 Å². The van der Waals surface area contributed by atoms with Crippen molar-refractivity contribution in [2.75, 3.05) is 0 Å². The summed E-state index contributed by atoms with van der Waals surface area (Å²) in [6.07, 6.45) is -0.253. The lowest BCUT2D eigenvalue weighted by Gasteiger charge is -2.18. The van der Waals surface area contributed by atoms with E-state index in [9.17, 15) is 18.0 Å². The van der Waals surface area contributed by atoms with Gasteiger partial charge in [-0.2, -0.15) is 8.42 Å². The molecule has 25 heavy (non-hydrogen) atoms. The zero-order chi connectivity index (χ0) is 18.4. The smallest absolute Gasteiger partial charge is 0.316 e. The molecule has 0 aliphatic heterocycles. The van der Waals surface area contributed by atoms with Gasteiger partial charge in [0.15, 0.2) is 0 Å². The van der Waals surface area contributed by atoms with Crippen LogP contribution in [0.5, 0.6) is 0 Å². The van der Waals surface area contributed by atoms with E-state index >= 15 is 0 Å². The SMILES string of the molecule is Cc1ccc(C(CC(=O)O)NC(=O)c2ccc(N=S(=O)=O)cc2)cc1. The number of carbonyl (C=O) groups is 2. The molecule has 0 saturated heterocycles. The quantitative estimate of drug-likeness (QED) is 0.822. The average molecular weight is 360 g/mol. The van der Waals surface area contributed by atoms with Gasteiger partial charge in [-0.25, -0.2) is 0 Å². The van der Waals surface area contributed by atoms with Crippen LogP contribution in [0.15, 0.2) is 52.9 Å². The van der Waals surface area contributed by atoms with E-state index in [1.165, 1.54) is 24.3 Å². The van der Waals surface area contributed by atoms with Crippen molar-refractivity contribution in [3.63, 3.8) is 0 Å². The van der Waals surface area contributed by atoms with E-state index in [4.69, 9.17) is 5.11 Å². The Balaban J connectivity index is 2.20. The second kappa shape index (κ2) is 8.20. The zero-order valence-electron chi connectivity index (χ0n) is 13.3. The first-order valence-corrected chi connectivity index (χ1v) is 8.39. The third-order valence-corrected chi connectivity index (χ3v) is 3.83. The normalized spacial score (nSPS) is 11.4. The van der Waals surface area contributed by atoms with Crippen LogP contribution in [0.4, 0.5) is 5.69 Å². The summed E-state index contributed by atoms with van der Waals surface area (Å²) in [6.45, 7) is 1.91. The molecule has 0 saturated carbocycles. The minimum absolute atomic E-state index is 0.200. The topological polar surface area (TPSA) is 113 Å². The Labute approximate surface area is 146 Å². The van der Waals surface area contributed by atoms with Crippen LogP contribution in [0.2, 0.25) is 0 Å². The standard InChI is InChI=1S/C17H16N2O5S/c1-11-2-4-12(5-3-11)15(10-16(20)21)18-17(22)13-6-8-14(9-7-13)19-25(23)24/h2-9,15H,10H2,1H3,(H,18,22)(H,20,21). The molecule has 0 aliphatic rings. The van der Waals surface area contributed by atoms with E-state index < -0.39 is 28.4 Å². The maximum Gasteiger partial charge on any atom is 0.316 e. The second-order valence-electron chi connectivity index (χ2n) is 5.39. The van der Waals surface area contributed by atoms with Crippen molar-refractivity contribution in [2.45, 2.75) is 19.4 Å². The number of benzene rings is 2. The minimum Gasteiger partial charge on any atom is -0.481 e. The number of nitrogens with one attached hydrogen (secondary N) is 1. The highest BCUT2D eigenvalue weighted by molar-refractivity contribution is 7.61. The first kappa shape index (κ1) is 18.3. The van der Waals surface area contributed by atoms with Crippen molar-refractivity contribution in [3.8, 4) is 0 Å². The number of hydrogen-bond acceptors (Lipinski definition) is 5. The zero-order valence-corrected chi connectivity index (χ0v) is 14.2. The number of nitrogens with zero attached hydrogens (tertiary/aromatic N) is 1. The number of hydrogen-bond donors (Lipinski definition) is 2. The van der Waals surface area contributed by atoms with Crippen molar-refractivity contribution in [1.29, 1.82) is 0 Å². The monoisotopic (exact) mass is 360 g/mol. The van der Waals surface area contributed by atoms with Gasteiger partial charge in [-0.1, -0.05) is 29.8 Å². The average Bonchev–Trinajstić information content (AvgIpc) is 2.54. The van der Waals surface area contributed by atoms with Crippen LogP contribution in [0.25, 0.3) is 0 Å². The molecule has 1 unspecified atom stereocenters. The number of carboxylic acid groups (broad SMARTS) is 1. The van der Waals surface area contributed by atoms with Gasteiger partial charge in [-0.3, -0.25) is 9.59 Å². The number of carbonyl (C=O) groups excluding carboxylic acids is 1. The maximum atomic E-state index is 12.4. The predicted molar refractivity (Wildman–Crippen MR) is 91.1 cm³/mol. The molecular formula is C17H16N2O5S. The number of amides is 1. The van der Waals surface area contributed by atoms with Gasteiger partial charge in [0.2, 0.25) is 0 Å². The lowest BCUT2D eigenvalue weighted by atomic mass is 10.0. The molecule has 2 N–H and O–H groups in total. The van der Waals surface area contributed by atoms with Crippen molar-refractivity contribution >= 4 is 28.1 Å². The van der Waals surface area contributed by atoms with Crippen LogP contribution in [0, 0.1) is 6.92 Å². The fourth-order valence-corrected chi connectivity index (χ4v) is 2.52. The highest BCUT2D eigenvalue weighted by Gasteiger charge is 2.19. The molecule has 0 fully saturated rings. The Morgan fingerprint density at radius 1 is 1.08 bits per heavy atom. The maximum absolute atomic E-state index is 12.4. The summed E-state index contributed by atoms with van der Waals surface area (Å²) < 4.78 is 24.4. The summed E-state index contributed by atoms with van der Waals surface area (Å²) in [6, 6.07) is 12.2. The van der Waals surface area contributed by atoms with Gasteiger partial charge < -0.3 is 10.4 Å². The molecule has 2 aromatic carbocycles. The van der Waals surface area contributed by atoms with E-state index in [1.807, 2.05) is 19.1 Å². The molecule has 0 aromatic heterocycles. The summed E-state index contributed by atoms with van der Waals surface area (Å²) in [5.41, 5.74) is 2.19. The fourth-order valence-electron chi connectivity index (χ4n) is 2.23. The second-order valence-corrected chi connectivity index (χ2v) is 6.01. The van der Waals surface area contributed by atoms with Gasteiger partial charge >= 0.3 is 16.5 Å². The summed E-state index contributed by atoms with van der Waals surface area (Å²) >= 11 is 0. The van der Waals surface area contributed by atoms with Crippen molar-refractivity contribution in [2.24, 2.45) is 4.36 Å². The Morgan fingerprint density at radius 2 is 1.68 bits per heavy atom. The van der Waals surface area contributed by atoms with Gasteiger partial charge in [0.05, 0.1) is 18.2 Å². The molecule has 0 bridgehead atoms. The van der Waals surface area contributed by atoms with E-state index in [0.717, 1.165) is 5.56 Å². The molecule has 0 heterocycles. The number of carboxylic acids is 1. The Kier molecular flexibility index (Phi) is 6.02. The molecule has 0 radical (unpaired) electrons. The molecule has 2 rings (SSSR count). The van der Waals surface area contributed by atoms with Crippen LogP contribution >= 0.6 is 0 Å². The van der Waals surface area contributed by atoms with E-state index in [-0.39, 0.29) is 17.7 Å². The summed E-state index contributed by atoms with van der Waals surface area (Å²) in [4.78, 5) is 23.4. The van der Waals surface area contributed by atoms with Crippen LogP contribution in [-0.2, 0) is 15.3 Å². The van der Waals surface area contributed by atoms with Crippen molar-refractivity contribution in [3.05, 3.63) is 65.2 Å². The highest BCUT2D eigenvalue weighted by atomic mass is 32.2. The first-order chi connectivity index (χ1) is 11.8. The lowest BCUT2D eigenvalue weighted by molar-refractivity contribution is -0.137. The number of aliphatic carboxylic acids is 1. The van der Waals surface area contributed by atoms with Crippen LogP contribution in [-0.4, -0.2) is 25.4 Å². The van der Waals surface area contributed by atoms with E-state index in [0.29, 0.717) is 5.56 Å². The Bertz CT molecular complexity index is 895. The highest BCUT2D eigenvalue weighted by Crippen LogP contribution is 2.19. The molecule has 130 valence electrons. The molecule has 7 nitrogen and oxygen atoms in total. The summed E-state index contributed by atoms with van der Waals surface area (Å²) in [5, 5.41) is 11.8. The molecule has 2 aromatic rings. The molecule has 8 heteroatoms. The van der Waals surface area contributed by atoms with E-state index in [1.54, 1.807) is 12.1 Å². The Hall–Kier alpha value is -3.00. The van der Waals surface area contributed by atoms with Gasteiger partial charge in [0, 0.05) is 5.56 Å². The van der Waals surface area contributed by atoms with E-state index in [2.05, 4.69) is 9.68 Å². The summed E-state index contributed by atoms with van der Waals surface area (Å²) in [5.74, 6) is -1.49. The molecule has 1 atom stereocenters. The summed E-state index contributed by atoms with van der Waals surface area (Å²) in [7, 11) is -2.57. The minimum atomic E-state index is -2.57. The number of aryl methyl sites for hydroxylation is 1. The predicted octanol–water partition coefficient (Wildman–Crippen LogP) is 2.64. The molecular weight excluding hydrogens is 344 g/mol. The van der Waals surface area contributed by atoms with Gasteiger partial charge in [0.1, 0.15) is 0 Å². The first-order valence-electron chi connectivity index (χ1n) is 7.35. The molecule has 1 amide bonds. The van der Waals surface area contributed by atoms with Crippen LogP contribution in [0.1, 0.15) is 33.9 Å². The van der Waals surface area contributed by atoms with Gasteiger partial charge in [-0.05, 0) is 36.8 Å². The fraction of sp³-hybridized carbons (Fsp3) is 0.176. The van der Waals surface area contributed by atoms with Crippen molar-refractivity contribution in [1.82, 2.24) is 5.32 Å². The van der Waals surface area contributed by atoms with Crippen LogP contribution in [0.3, 0.4) is 0 Å². The largest absolute Gasteiger partial charge is 0.481 e. The third kappa shape index (κ3) is 5.54. The third-order valence-electron chi connectivity index (χ3n) is 3.47. The number of rotatable bonds is 6.